The molecule has 0 aliphatic heterocycles. The van der Waals surface area contributed by atoms with Gasteiger partial charge in [-0.1, -0.05) is 0 Å². The van der Waals surface area contributed by atoms with Crippen molar-refractivity contribution in [3.8, 4) is 39.9 Å². The molecule has 1 heterocycles. The van der Waals surface area contributed by atoms with Gasteiger partial charge in [0, 0.05) is 60.9 Å². The van der Waals surface area contributed by atoms with E-state index in [-0.39, 0.29) is 51.6 Å². The third-order valence-corrected chi connectivity index (χ3v) is 8.28. The lowest BCUT2D eigenvalue weighted by Crippen LogP contribution is -2.28. The number of aryl methyl sites for hydroxylation is 1. The number of nitrogens with zero attached hydrogens (tertiary/aromatic N) is 2. The fourth-order valence-electron chi connectivity index (χ4n) is 6.47. The first-order chi connectivity index (χ1) is 24.0. The lowest BCUT2D eigenvalue weighted by atomic mass is 9.75. The van der Waals surface area contributed by atoms with Gasteiger partial charge in [-0.2, -0.15) is 5.10 Å². The molecule has 260 valence electrons. The quantitative estimate of drug-likeness (QED) is 0.192. The van der Waals surface area contributed by atoms with Gasteiger partial charge in [0.05, 0.1) is 28.3 Å². The lowest BCUT2D eigenvalue weighted by Gasteiger charge is -2.30. The summed E-state index contributed by atoms with van der Waals surface area (Å²) >= 11 is 0. The molecule has 0 saturated carbocycles. The van der Waals surface area contributed by atoms with Crippen LogP contribution in [-0.4, -0.2) is 61.4 Å². The van der Waals surface area contributed by atoms with Crippen LogP contribution >= 0.6 is 0 Å². The normalized spacial score (nSPS) is 12.6. The molecule has 0 fully saturated rings. The second kappa shape index (κ2) is 12.3. The molecule has 51 heavy (non-hydrogen) atoms. The smallest absolute Gasteiger partial charge is 0.325 e. The van der Waals surface area contributed by atoms with Crippen LogP contribution in [0.1, 0.15) is 76.2 Å². The third-order valence-electron chi connectivity index (χ3n) is 8.28. The van der Waals surface area contributed by atoms with Crippen molar-refractivity contribution in [3.63, 3.8) is 0 Å². The number of phenols is 1. The second-order valence-electron chi connectivity index (χ2n) is 11.8. The molecule has 4 aromatic rings. The molecule has 6 rings (SSSR count). The highest BCUT2D eigenvalue weighted by Crippen LogP contribution is 2.55. The Morgan fingerprint density at radius 2 is 1.35 bits per heavy atom. The molecule has 0 amide bonds. The summed E-state index contributed by atoms with van der Waals surface area (Å²) in [5, 5.41) is 25.0. The van der Waals surface area contributed by atoms with Crippen molar-refractivity contribution in [2.24, 2.45) is 0 Å². The predicted octanol–water partition coefficient (Wildman–Crippen LogP) is 2.74. The van der Waals surface area contributed by atoms with Gasteiger partial charge in [0.15, 0.2) is 17.3 Å². The molecular weight excluding hydrogens is 672 g/mol. The molecule has 0 bridgehead atoms. The highest BCUT2D eigenvalue weighted by Gasteiger charge is 2.44. The number of carboxylic acid groups (broad SMARTS) is 1. The average molecular weight is 699 g/mol. The fourth-order valence-corrected chi connectivity index (χ4v) is 6.47. The number of rotatable bonds is 6. The Balaban J connectivity index is 1.76. The third kappa shape index (κ3) is 5.55. The summed E-state index contributed by atoms with van der Waals surface area (Å²) in [5.41, 5.74) is -2.76. The van der Waals surface area contributed by atoms with Crippen LogP contribution in [0, 0.1) is 6.92 Å². The van der Waals surface area contributed by atoms with Crippen molar-refractivity contribution < 1.29 is 62.7 Å². The predicted molar refractivity (Wildman–Crippen MR) is 171 cm³/mol. The molecule has 2 N–H and O–H groups in total. The van der Waals surface area contributed by atoms with Gasteiger partial charge in [-0.25, -0.2) is 4.68 Å². The Morgan fingerprint density at radius 1 is 0.745 bits per heavy atom. The number of benzene rings is 3. The SMILES string of the molecule is CC(=O)Oc1cc2c(c(OC(C)=O)c1C)C(=O)c1c(O)c3c(c(OC(C)=O)c1C2=O)-c1c(cc2cnn(CC(=O)O)c(=O)c2c1OC(C)=O)CC3. The van der Waals surface area contributed by atoms with Crippen LogP contribution in [0.25, 0.3) is 21.9 Å². The molecule has 2 aliphatic carbocycles. The highest BCUT2D eigenvalue weighted by molar-refractivity contribution is 6.32. The second-order valence-corrected chi connectivity index (χ2v) is 11.8. The van der Waals surface area contributed by atoms with Crippen LogP contribution in [0.3, 0.4) is 0 Å². The molecule has 0 radical (unpaired) electrons. The van der Waals surface area contributed by atoms with Gasteiger partial charge in [0.1, 0.15) is 23.8 Å². The standard InChI is InChI=1S/C35H26N2O14/c1-12-21(48-13(2)38)9-20-26(32(12)49-14(3)39)31(46)27-28(30(20)45)34(51-16(5)41)25-19(29(27)44)7-6-17-8-18-10-36-37(11-22(42)43)35(47)24(18)33(23(17)25)50-15(4)40/h8-10,44H,6-7,11H2,1-5H3,(H,42,43). The summed E-state index contributed by atoms with van der Waals surface area (Å²) in [6, 6.07) is 2.61. The monoisotopic (exact) mass is 698 g/mol. The largest absolute Gasteiger partial charge is 0.507 e. The molecule has 2 aliphatic rings. The van der Waals surface area contributed by atoms with Gasteiger partial charge in [0.25, 0.3) is 5.56 Å². The number of aromatic hydroxyl groups is 1. The van der Waals surface area contributed by atoms with Crippen LogP contribution < -0.4 is 24.5 Å². The molecule has 0 saturated heterocycles. The minimum Gasteiger partial charge on any atom is -0.507 e. The topological polar surface area (TPSA) is 232 Å². The van der Waals surface area contributed by atoms with Gasteiger partial charge in [-0.05, 0) is 37.5 Å². The summed E-state index contributed by atoms with van der Waals surface area (Å²) in [7, 11) is 0. The van der Waals surface area contributed by atoms with Gasteiger partial charge in [-0.3, -0.25) is 38.4 Å². The maximum absolute atomic E-state index is 14.5. The van der Waals surface area contributed by atoms with Crippen LogP contribution in [0.15, 0.2) is 23.1 Å². The summed E-state index contributed by atoms with van der Waals surface area (Å²) in [4.78, 5) is 103. The average Bonchev–Trinajstić information content (AvgIpc) is 3.02. The van der Waals surface area contributed by atoms with E-state index in [9.17, 15) is 48.6 Å². The number of aliphatic carboxylic acids is 1. The molecule has 1 aromatic heterocycles. The molecular formula is C35H26N2O14. The summed E-state index contributed by atoms with van der Waals surface area (Å²) in [5.74, 6) is -9.16. The van der Waals surface area contributed by atoms with Crippen molar-refractivity contribution in [3.05, 3.63) is 67.6 Å². The van der Waals surface area contributed by atoms with E-state index < -0.39 is 98.8 Å². The van der Waals surface area contributed by atoms with E-state index in [1.807, 2.05) is 0 Å². The summed E-state index contributed by atoms with van der Waals surface area (Å²) in [6.07, 6.45) is 1.31. The number of esters is 4. The lowest BCUT2D eigenvalue weighted by molar-refractivity contribution is -0.138. The number of carbonyl (C=O) groups excluding carboxylic acids is 6. The van der Waals surface area contributed by atoms with E-state index in [1.165, 1.54) is 19.2 Å². The number of carbonyl (C=O) groups is 7. The van der Waals surface area contributed by atoms with E-state index >= 15 is 0 Å². The van der Waals surface area contributed by atoms with Crippen molar-refractivity contribution in [2.75, 3.05) is 0 Å². The Labute approximate surface area is 286 Å². The number of fused-ring (bicyclic) bond motifs is 6. The number of carboxylic acids is 1. The Hall–Kier alpha value is -6.71. The van der Waals surface area contributed by atoms with E-state index in [0.717, 1.165) is 33.8 Å². The maximum atomic E-state index is 14.5. The van der Waals surface area contributed by atoms with E-state index in [4.69, 9.17) is 18.9 Å². The molecule has 3 aromatic carbocycles. The molecule has 0 atom stereocenters. The number of phenolic OH excluding ortho intramolecular Hbond substituents is 1. The zero-order chi connectivity index (χ0) is 37.2. The number of ether oxygens (including phenoxy) is 4. The van der Waals surface area contributed by atoms with Gasteiger partial charge in [0.2, 0.25) is 5.78 Å². The van der Waals surface area contributed by atoms with E-state index in [2.05, 4.69) is 5.10 Å². The van der Waals surface area contributed by atoms with Gasteiger partial charge in [-0.15, -0.1) is 0 Å². The minimum absolute atomic E-state index is 0.0141. The van der Waals surface area contributed by atoms with Crippen molar-refractivity contribution in [2.45, 2.75) is 54.0 Å². The van der Waals surface area contributed by atoms with E-state index in [1.54, 1.807) is 0 Å². The maximum Gasteiger partial charge on any atom is 0.325 e. The minimum atomic E-state index is -1.39. The zero-order valence-electron chi connectivity index (χ0n) is 27.5. The first-order valence-electron chi connectivity index (χ1n) is 15.2. The number of hydrogen-bond acceptors (Lipinski definition) is 14. The first-order valence-corrected chi connectivity index (χ1v) is 15.2. The Kier molecular flexibility index (Phi) is 8.25. The molecule has 0 spiro atoms. The highest BCUT2D eigenvalue weighted by atomic mass is 16.6. The zero-order valence-corrected chi connectivity index (χ0v) is 27.5. The van der Waals surface area contributed by atoms with Crippen LogP contribution in [-0.2, 0) is 43.4 Å². The number of ketones is 2. The first kappa shape index (κ1) is 34.2. The fraction of sp³-hybridized carbons (Fsp3) is 0.229. The molecule has 16 nitrogen and oxygen atoms in total. The van der Waals surface area contributed by atoms with Crippen molar-refractivity contribution >= 4 is 52.2 Å². The van der Waals surface area contributed by atoms with Gasteiger partial charge >= 0.3 is 29.8 Å². The van der Waals surface area contributed by atoms with Gasteiger partial charge < -0.3 is 29.2 Å². The molecule has 16 heteroatoms. The van der Waals surface area contributed by atoms with Crippen LogP contribution in [0.5, 0.6) is 28.7 Å². The summed E-state index contributed by atoms with van der Waals surface area (Å²) < 4.78 is 22.5. The van der Waals surface area contributed by atoms with Crippen molar-refractivity contribution in [1.82, 2.24) is 9.78 Å². The Morgan fingerprint density at radius 3 is 1.96 bits per heavy atom. The summed E-state index contributed by atoms with van der Waals surface area (Å²) in [6.45, 7) is 4.75. The Bertz CT molecular complexity index is 2420. The van der Waals surface area contributed by atoms with Crippen molar-refractivity contribution in [1.29, 1.82) is 0 Å². The van der Waals surface area contributed by atoms with Crippen LogP contribution in [0.2, 0.25) is 0 Å². The number of hydrogen-bond donors (Lipinski definition) is 2. The van der Waals surface area contributed by atoms with E-state index in [0.29, 0.717) is 10.2 Å². The molecule has 0 unspecified atom stereocenters. The van der Waals surface area contributed by atoms with Crippen LogP contribution in [0.4, 0.5) is 0 Å². The number of aromatic nitrogens is 2.